The molecule has 5 nitrogen and oxygen atoms in total. The summed E-state index contributed by atoms with van der Waals surface area (Å²) in [6, 6.07) is 0. The first kappa shape index (κ1) is 19.2. The third kappa shape index (κ3) is 2.34. The van der Waals surface area contributed by atoms with E-state index in [2.05, 4.69) is 13.0 Å². The van der Waals surface area contributed by atoms with Gasteiger partial charge in [0.25, 0.3) is 0 Å². The molecule has 2 heterocycles. The maximum Gasteiger partial charge on any atom is 0.174 e. The van der Waals surface area contributed by atoms with E-state index < -0.39 is 5.79 Å². The number of ether oxygens (including phenoxy) is 4. The molecule has 0 aromatic carbocycles. The number of aliphatic hydroxyl groups is 1. The largest absolute Gasteiger partial charge is 0.392 e. The van der Waals surface area contributed by atoms with Crippen molar-refractivity contribution < 1.29 is 24.1 Å². The molecule has 6 unspecified atom stereocenters. The molecule has 3 saturated carbocycles. The summed E-state index contributed by atoms with van der Waals surface area (Å²) in [5, 5.41) is 11.2. The van der Waals surface area contributed by atoms with Gasteiger partial charge in [-0.25, -0.2) is 0 Å². The van der Waals surface area contributed by atoms with E-state index in [1.807, 2.05) is 6.92 Å². The second-order valence-electron chi connectivity index (χ2n) is 10.8. The highest BCUT2D eigenvalue weighted by Crippen LogP contribution is 2.69. The summed E-state index contributed by atoms with van der Waals surface area (Å²) in [6.45, 7) is 7.32. The van der Waals surface area contributed by atoms with Gasteiger partial charge in [0, 0.05) is 30.1 Å². The lowest BCUT2D eigenvalue weighted by atomic mass is 9.45. The molecule has 6 rings (SSSR count). The molecule has 2 aliphatic heterocycles. The molecule has 0 bridgehead atoms. The van der Waals surface area contributed by atoms with Gasteiger partial charge >= 0.3 is 0 Å². The summed E-state index contributed by atoms with van der Waals surface area (Å²) >= 11 is 0. The van der Waals surface area contributed by atoms with Crippen molar-refractivity contribution in [1.29, 1.82) is 0 Å². The minimum absolute atomic E-state index is 0.101. The maximum absolute atomic E-state index is 11.2. The Morgan fingerprint density at radius 3 is 2.34 bits per heavy atom. The van der Waals surface area contributed by atoms with E-state index in [1.54, 1.807) is 0 Å². The lowest BCUT2D eigenvalue weighted by molar-refractivity contribution is -0.247. The number of fused-ring (bicyclic) bond motifs is 6. The van der Waals surface area contributed by atoms with Crippen LogP contribution in [0.4, 0.5) is 0 Å². The number of hydrogen-bond acceptors (Lipinski definition) is 5. The van der Waals surface area contributed by atoms with E-state index in [-0.39, 0.29) is 22.7 Å². The van der Waals surface area contributed by atoms with E-state index in [0.29, 0.717) is 31.0 Å². The predicted octanol–water partition coefficient (Wildman–Crippen LogP) is 3.80. The van der Waals surface area contributed by atoms with Gasteiger partial charge in [-0.3, -0.25) is 0 Å². The van der Waals surface area contributed by atoms with Gasteiger partial charge in [0.2, 0.25) is 0 Å². The molecule has 2 spiro atoms. The summed E-state index contributed by atoms with van der Waals surface area (Å²) in [6.07, 6.45) is 10.5. The van der Waals surface area contributed by atoms with E-state index in [0.717, 1.165) is 58.2 Å². The zero-order chi connectivity index (χ0) is 19.9. The van der Waals surface area contributed by atoms with Crippen molar-refractivity contribution in [2.24, 2.45) is 28.6 Å². The zero-order valence-electron chi connectivity index (χ0n) is 18.0. The number of aliphatic hydroxyl groups excluding tert-OH is 1. The molecule has 6 aliphatic rings. The van der Waals surface area contributed by atoms with Gasteiger partial charge in [-0.2, -0.15) is 0 Å². The van der Waals surface area contributed by atoms with Crippen molar-refractivity contribution in [2.75, 3.05) is 26.4 Å². The fourth-order valence-corrected chi connectivity index (χ4v) is 8.74. The van der Waals surface area contributed by atoms with Crippen molar-refractivity contribution in [3.63, 3.8) is 0 Å². The fourth-order valence-electron chi connectivity index (χ4n) is 8.74. The first-order chi connectivity index (χ1) is 13.9. The van der Waals surface area contributed by atoms with Gasteiger partial charge in [0.15, 0.2) is 11.6 Å². The van der Waals surface area contributed by atoms with Crippen molar-refractivity contribution in [2.45, 2.75) is 82.9 Å². The van der Waals surface area contributed by atoms with Crippen LogP contribution in [0.15, 0.2) is 11.6 Å². The van der Waals surface area contributed by atoms with Gasteiger partial charge in [0.1, 0.15) is 0 Å². The Balaban J connectivity index is 1.36. The van der Waals surface area contributed by atoms with E-state index in [4.69, 9.17) is 18.9 Å². The third-order valence-corrected chi connectivity index (χ3v) is 10.1. The van der Waals surface area contributed by atoms with Gasteiger partial charge in [-0.15, -0.1) is 0 Å². The standard InChI is InChI=1S/C24H36O5/c1-16(25)23-10-9-22(26-11-12-27-22)15-17(23)3-4-18-19-6-8-24(28-13-14-29-24)21(19,2)7-5-20(18)23/h3,16,18-20,25H,4-15H2,1-2H3. The van der Waals surface area contributed by atoms with Crippen LogP contribution in [0, 0.1) is 28.6 Å². The second-order valence-corrected chi connectivity index (χ2v) is 10.8. The van der Waals surface area contributed by atoms with Crippen LogP contribution < -0.4 is 0 Å². The van der Waals surface area contributed by atoms with Crippen LogP contribution >= 0.6 is 0 Å². The molecule has 29 heavy (non-hydrogen) atoms. The van der Waals surface area contributed by atoms with Crippen LogP contribution in [-0.4, -0.2) is 49.2 Å². The average molecular weight is 405 g/mol. The minimum Gasteiger partial charge on any atom is -0.392 e. The molecule has 2 saturated heterocycles. The first-order valence-corrected chi connectivity index (χ1v) is 11.9. The van der Waals surface area contributed by atoms with E-state index >= 15 is 0 Å². The van der Waals surface area contributed by atoms with Crippen molar-refractivity contribution in [3.8, 4) is 0 Å². The van der Waals surface area contributed by atoms with Crippen LogP contribution in [0.5, 0.6) is 0 Å². The Morgan fingerprint density at radius 2 is 1.62 bits per heavy atom. The molecule has 4 aliphatic carbocycles. The predicted molar refractivity (Wildman–Crippen MR) is 107 cm³/mol. The third-order valence-electron chi connectivity index (χ3n) is 10.1. The molecule has 0 aromatic rings. The van der Waals surface area contributed by atoms with Crippen LogP contribution in [0.1, 0.15) is 65.2 Å². The van der Waals surface area contributed by atoms with E-state index in [9.17, 15) is 5.11 Å². The first-order valence-electron chi connectivity index (χ1n) is 11.9. The average Bonchev–Trinajstić information content (AvgIpc) is 3.43. The highest BCUT2D eigenvalue weighted by molar-refractivity contribution is 5.29. The van der Waals surface area contributed by atoms with Crippen LogP contribution in [0.3, 0.4) is 0 Å². The van der Waals surface area contributed by atoms with Gasteiger partial charge in [0.05, 0.1) is 32.5 Å². The SMILES string of the molecule is CC(O)C12CCC3(CC1=CCC1C2CCC2(C)C1CCC21OCCO1)OCCO3. The Labute approximate surface area is 174 Å². The van der Waals surface area contributed by atoms with Gasteiger partial charge < -0.3 is 24.1 Å². The van der Waals surface area contributed by atoms with Crippen molar-refractivity contribution in [1.82, 2.24) is 0 Å². The summed E-state index contributed by atoms with van der Waals surface area (Å²) in [4.78, 5) is 0. The van der Waals surface area contributed by atoms with Crippen LogP contribution in [-0.2, 0) is 18.9 Å². The van der Waals surface area contributed by atoms with Crippen LogP contribution in [0.25, 0.3) is 0 Å². The topological polar surface area (TPSA) is 57.2 Å². The quantitative estimate of drug-likeness (QED) is 0.674. The van der Waals surface area contributed by atoms with Crippen molar-refractivity contribution in [3.05, 3.63) is 11.6 Å². The zero-order valence-corrected chi connectivity index (χ0v) is 18.0. The van der Waals surface area contributed by atoms with Crippen LogP contribution in [0.2, 0.25) is 0 Å². The molecule has 5 fully saturated rings. The number of hydrogen-bond donors (Lipinski definition) is 1. The number of rotatable bonds is 1. The van der Waals surface area contributed by atoms with Gasteiger partial charge in [-0.1, -0.05) is 18.6 Å². The molecule has 0 radical (unpaired) electrons. The Morgan fingerprint density at radius 1 is 0.931 bits per heavy atom. The lowest BCUT2D eigenvalue weighted by Gasteiger charge is -2.61. The second kappa shape index (κ2) is 6.29. The molecule has 162 valence electrons. The number of allylic oxidation sites excluding steroid dienone is 1. The molecule has 6 atom stereocenters. The Kier molecular flexibility index (Phi) is 4.17. The molecular weight excluding hydrogens is 368 g/mol. The summed E-state index contributed by atoms with van der Waals surface area (Å²) in [5.74, 6) is 0.980. The summed E-state index contributed by atoms with van der Waals surface area (Å²) in [5.41, 5.74) is 1.40. The summed E-state index contributed by atoms with van der Waals surface area (Å²) in [7, 11) is 0. The molecule has 0 amide bonds. The lowest BCUT2D eigenvalue weighted by Crippen LogP contribution is -2.59. The molecule has 1 N–H and O–H groups in total. The molecule has 0 aromatic heterocycles. The fraction of sp³-hybridized carbons (Fsp3) is 0.917. The Bertz CT molecular complexity index is 704. The van der Waals surface area contributed by atoms with Gasteiger partial charge in [-0.05, 0) is 56.8 Å². The van der Waals surface area contributed by atoms with Crippen molar-refractivity contribution >= 4 is 0 Å². The highest BCUT2D eigenvalue weighted by atomic mass is 16.7. The normalized spacial score (nSPS) is 48.2. The molecular formula is C24H36O5. The minimum atomic E-state index is -0.427. The van der Waals surface area contributed by atoms with E-state index in [1.165, 1.54) is 12.0 Å². The smallest absolute Gasteiger partial charge is 0.174 e. The molecule has 5 heteroatoms. The maximum atomic E-state index is 11.2. The summed E-state index contributed by atoms with van der Waals surface area (Å²) < 4.78 is 24.7. The monoisotopic (exact) mass is 404 g/mol. The Hall–Kier alpha value is -0.460. The highest BCUT2D eigenvalue weighted by Gasteiger charge is 2.68.